The van der Waals surface area contributed by atoms with Gasteiger partial charge in [-0.15, -0.1) is 0 Å². The maximum absolute atomic E-state index is 12.7. The van der Waals surface area contributed by atoms with Crippen LogP contribution in [-0.4, -0.2) is 12.6 Å². The van der Waals surface area contributed by atoms with Crippen molar-refractivity contribution in [2.45, 2.75) is 117 Å². The third-order valence-corrected chi connectivity index (χ3v) is 7.90. The number of esters is 1. The number of benzene rings is 3. The second-order valence-electron chi connectivity index (χ2n) is 11.4. The van der Waals surface area contributed by atoms with Crippen LogP contribution in [0.25, 0.3) is 11.1 Å². The molecule has 0 N–H and O–H groups in total. The van der Waals surface area contributed by atoms with Crippen LogP contribution in [0.3, 0.4) is 0 Å². The molecule has 0 aliphatic rings. The number of rotatable bonds is 20. The number of aryl methyl sites for hydroxylation is 1. The highest BCUT2D eigenvalue weighted by molar-refractivity contribution is 5.91. The first-order chi connectivity index (χ1) is 20.1. The van der Waals surface area contributed by atoms with E-state index < -0.39 is 0 Å². The Morgan fingerprint density at radius 3 is 1.71 bits per heavy atom. The van der Waals surface area contributed by atoms with Crippen LogP contribution in [0.2, 0.25) is 0 Å². The van der Waals surface area contributed by atoms with Gasteiger partial charge in [0.15, 0.2) is 0 Å². The smallest absolute Gasteiger partial charge is 0.343 e. The highest BCUT2D eigenvalue weighted by atomic mass is 16.5. The van der Waals surface area contributed by atoms with Gasteiger partial charge < -0.3 is 9.47 Å². The van der Waals surface area contributed by atoms with Gasteiger partial charge in [0.2, 0.25) is 0 Å². The molecule has 0 radical (unpaired) electrons. The molecule has 0 heterocycles. The largest absolute Gasteiger partial charge is 0.423 e. The van der Waals surface area contributed by atoms with Gasteiger partial charge in [-0.3, -0.25) is 0 Å². The lowest BCUT2D eigenvalue weighted by molar-refractivity contribution is 0.0627. The first-order valence-electron chi connectivity index (χ1n) is 16.2. The summed E-state index contributed by atoms with van der Waals surface area (Å²) in [5.41, 5.74) is 5.28. The van der Waals surface area contributed by atoms with Gasteiger partial charge in [-0.2, -0.15) is 0 Å². The van der Waals surface area contributed by atoms with Crippen molar-refractivity contribution in [2.75, 3.05) is 6.61 Å². The summed E-state index contributed by atoms with van der Waals surface area (Å²) in [6, 6.07) is 24.2. The van der Waals surface area contributed by atoms with Crippen LogP contribution in [0, 0.1) is 0 Å². The summed E-state index contributed by atoms with van der Waals surface area (Å²) in [4.78, 5) is 12.7. The number of carbonyl (C=O) groups excluding carboxylic acids is 1. The molecule has 3 heteroatoms. The Morgan fingerprint density at radius 2 is 1.12 bits per heavy atom. The second-order valence-corrected chi connectivity index (χ2v) is 11.4. The fraction of sp³-hybridized carbons (Fsp3) is 0.500. The van der Waals surface area contributed by atoms with Crippen molar-refractivity contribution in [1.82, 2.24) is 0 Å². The molecule has 3 aromatic rings. The molecule has 0 saturated carbocycles. The summed E-state index contributed by atoms with van der Waals surface area (Å²) in [6.07, 6.45) is 18.0. The van der Waals surface area contributed by atoms with Crippen LogP contribution in [0.1, 0.15) is 132 Å². The Morgan fingerprint density at radius 1 is 0.610 bits per heavy atom. The average Bonchev–Trinajstić information content (AvgIpc) is 3.01. The maximum atomic E-state index is 12.7. The van der Waals surface area contributed by atoms with Crippen molar-refractivity contribution in [2.24, 2.45) is 0 Å². The minimum atomic E-state index is -0.321. The quantitative estimate of drug-likeness (QED) is 0.0788. The van der Waals surface area contributed by atoms with Crippen molar-refractivity contribution in [3.8, 4) is 16.9 Å². The molecule has 1 atom stereocenters. The van der Waals surface area contributed by atoms with Gasteiger partial charge in [-0.25, -0.2) is 4.79 Å². The highest BCUT2D eigenvalue weighted by Gasteiger charge is 2.10. The van der Waals surface area contributed by atoms with Crippen molar-refractivity contribution >= 4 is 5.97 Å². The van der Waals surface area contributed by atoms with Crippen LogP contribution in [0.15, 0.2) is 72.8 Å². The summed E-state index contributed by atoms with van der Waals surface area (Å²) in [5.74, 6) is 0.234. The van der Waals surface area contributed by atoms with Crippen molar-refractivity contribution in [3.63, 3.8) is 0 Å². The fourth-order valence-electron chi connectivity index (χ4n) is 5.16. The summed E-state index contributed by atoms with van der Waals surface area (Å²) < 4.78 is 11.7. The molecule has 0 saturated heterocycles. The van der Waals surface area contributed by atoms with E-state index in [1.165, 1.54) is 88.2 Å². The standard InChI is InChI=1S/C38H52O3/c1-4-6-8-10-12-14-16-30-40-31(3)33-22-24-34(25-23-33)35-26-28-37(29-27-35)41-38(39)36-20-18-32(19-21-36)17-15-13-11-9-7-5-2/h18-29,31H,4-17,30H2,1-3H3. The van der Waals surface area contributed by atoms with Crippen LogP contribution < -0.4 is 4.74 Å². The van der Waals surface area contributed by atoms with Gasteiger partial charge in [0.05, 0.1) is 11.7 Å². The predicted octanol–water partition coefficient (Wildman–Crippen LogP) is 11.3. The molecular formula is C38H52O3. The number of ether oxygens (including phenoxy) is 2. The predicted molar refractivity (Wildman–Crippen MR) is 173 cm³/mol. The van der Waals surface area contributed by atoms with Gasteiger partial charge in [-0.05, 0) is 72.7 Å². The molecule has 0 bridgehead atoms. The van der Waals surface area contributed by atoms with Gasteiger partial charge in [0.1, 0.15) is 5.75 Å². The first-order valence-corrected chi connectivity index (χ1v) is 16.2. The summed E-state index contributed by atoms with van der Waals surface area (Å²) in [7, 11) is 0. The minimum Gasteiger partial charge on any atom is -0.423 e. The van der Waals surface area contributed by atoms with Crippen LogP contribution in [-0.2, 0) is 11.2 Å². The third-order valence-electron chi connectivity index (χ3n) is 7.90. The summed E-state index contributed by atoms with van der Waals surface area (Å²) >= 11 is 0. The van der Waals surface area contributed by atoms with E-state index in [0.29, 0.717) is 11.3 Å². The zero-order valence-electron chi connectivity index (χ0n) is 25.8. The molecule has 0 aliphatic heterocycles. The van der Waals surface area contributed by atoms with Crippen molar-refractivity contribution in [3.05, 3.63) is 89.5 Å². The molecule has 0 fully saturated rings. The molecular weight excluding hydrogens is 504 g/mol. The Labute approximate surface area is 249 Å². The second kappa shape index (κ2) is 19.3. The number of unbranched alkanes of at least 4 members (excludes halogenated alkanes) is 11. The van der Waals surface area contributed by atoms with Gasteiger partial charge in [-0.1, -0.05) is 133 Å². The van der Waals surface area contributed by atoms with Gasteiger partial charge in [0.25, 0.3) is 0 Å². The zero-order chi connectivity index (χ0) is 29.1. The van der Waals surface area contributed by atoms with E-state index in [1.807, 2.05) is 36.4 Å². The maximum Gasteiger partial charge on any atom is 0.343 e. The molecule has 0 aromatic heterocycles. The average molecular weight is 557 g/mol. The monoisotopic (exact) mass is 556 g/mol. The van der Waals surface area contributed by atoms with Crippen molar-refractivity contribution in [1.29, 1.82) is 0 Å². The van der Waals surface area contributed by atoms with Crippen LogP contribution >= 0.6 is 0 Å². The Balaban J connectivity index is 1.40. The molecule has 0 aliphatic carbocycles. The normalized spacial score (nSPS) is 11.9. The van der Waals surface area contributed by atoms with E-state index in [2.05, 4.69) is 57.2 Å². The topological polar surface area (TPSA) is 35.5 Å². The Hall–Kier alpha value is -2.91. The highest BCUT2D eigenvalue weighted by Crippen LogP contribution is 2.26. The van der Waals surface area contributed by atoms with Crippen LogP contribution in [0.4, 0.5) is 0 Å². The SMILES string of the molecule is CCCCCCCCCOC(C)c1ccc(-c2ccc(OC(=O)c3ccc(CCCCCCCC)cc3)cc2)cc1. The van der Waals surface area contributed by atoms with E-state index in [-0.39, 0.29) is 12.1 Å². The molecule has 0 amide bonds. The van der Waals surface area contributed by atoms with Gasteiger partial charge >= 0.3 is 5.97 Å². The summed E-state index contributed by atoms with van der Waals surface area (Å²) in [5, 5.41) is 0. The molecule has 222 valence electrons. The molecule has 3 aromatic carbocycles. The Bertz CT molecular complexity index is 1100. The number of carbonyl (C=O) groups is 1. The molecule has 41 heavy (non-hydrogen) atoms. The lowest BCUT2D eigenvalue weighted by Crippen LogP contribution is -2.08. The summed E-state index contributed by atoms with van der Waals surface area (Å²) in [6.45, 7) is 7.45. The Kier molecular flexibility index (Phi) is 15.3. The van der Waals surface area contributed by atoms with Crippen LogP contribution in [0.5, 0.6) is 5.75 Å². The van der Waals surface area contributed by atoms with Gasteiger partial charge in [0, 0.05) is 6.61 Å². The molecule has 3 rings (SSSR count). The molecule has 1 unspecified atom stereocenters. The molecule has 3 nitrogen and oxygen atoms in total. The van der Waals surface area contributed by atoms with E-state index >= 15 is 0 Å². The van der Waals surface area contributed by atoms with E-state index in [1.54, 1.807) is 0 Å². The lowest BCUT2D eigenvalue weighted by Gasteiger charge is -2.14. The van der Waals surface area contributed by atoms with E-state index in [0.717, 1.165) is 30.6 Å². The number of hydrogen-bond acceptors (Lipinski definition) is 3. The van der Waals surface area contributed by atoms with Crippen molar-refractivity contribution < 1.29 is 14.3 Å². The minimum absolute atomic E-state index is 0.0931. The fourth-order valence-corrected chi connectivity index (χ4v) is 5.16. The third kappa shape index (κ3) is 12.2. The number of hydrogen-bond donors (Lipinski definition) is 0. The first kappa shape index (κ1) is 32.6. The molecule has 0 spiro atoms. The van der Waals surface area contributed by atoms with E-state index in [4.69, 9.17) is 9.47 Å². The zero-order valence-corrected chi connectivity index (χ0v) is 25.8. The van der Waals surface area contributed by atoms with E-state index in [9.17, 15) is 4.79 Å². The lowest BCUT2D eigenvalue weighted by atomic mass is 10.0.